The van der Waals surface area contributed by atoms with Crippen molar-refractivity contribution in [3.63, 3.8) is 0 Å². The number of imide groups is 4. The molecule has 2 fully saturated rings. The number of carboxylic acids is 2. The maximum atomic E-state index is 12.9. The summed E-state index contributed by atoms with van der Waals surface area (Å²) in [6, 6.07) is -2.13. The van der Waals surface area contributed by atoms with Gasteiger partial charge in [-0.3, -0.25) is 43.5 Å². The SMILES string of the molecule is CCCCN1C(=O)/C(=C\C=C\C2C(=O)N(CCCC)C(=O)N(CC(=O)O)C2=O)C(=O)N(CC(=O)O)C1=O. The number of allylic oxidation sites excluding steroid dienone is 2. The number of hydrogen-bond donors (Lipinski definition) is 2. The van der Waals surface area contributed by atoms with E-state index in [4.69, 9.17) is 10.2 Å². The molecule has 0 aromatic rings. The van der Waals surface area contributed by atoms with E-state index in [1.807, 2.05) is 6.92 Å². The number of barbiturate groups is 2. The van der Waals surface area contributed by atoms with Crippen LogP contribution in [0.3, 0.4) is 0 Å². The van der Waals surface area contributed by atoms with Gasteiger partial charge in [-0.2, -0.15) is 0 Å². The molecule has 14 nitrogen and oxygen atoms in total. The molecule has 1 unspecified atom stereocenters. The van der Waals surface area contributed by atoms with E-state index in [9.17, 15) is 38.4 Å². The van der Waals surface area contributed by atoms with Gasteiger partial charge in [0.25, 0.3) is 11.8 Å². The summed E-state index contributed by atoms with van der Waals surface area (Å²) in [5, 5.41) is 18.2. The van der Waals surface area contributed by atoms with Gasteiger partial charge in [0.2, 0.25) is 11.8 Å². The molecule has 2 aliphatic rings. The van der Waals surface area contributed by atoms with Crippen molar-refractivity contribution in [3.05, 3.63) is 23.8 Å². The number of carbonyl (C=O) groups is 8. The van der Waals surface area contributed by atoms with E-state index in [1.54, 1.807) is 6.92 Å². The number of carbonyl (C=O) groups excluding carboxylic acids is 6. The zero-order chi connectivity index (χ0) is 27.9. The molecule has 2 N–H and O–H groups in total. The number of urea groups is 2. The van der Waals surface area contributed by atoms with Gasteiger partial charge in [-0.1, -0.05) is 38.8 Å². The molecule has 14 heteroatoms. The molecule has 0 spiro atoms. The average Bonchev–Trinajstić information content (AvgIpc) is 2.83. The fourth-order valence-corrected chi connectivity index (χ4v) is 3.64. The van der Waals surface area contributed by atoms with Crippen molar-refractivity contribution in [3.8, 4) is 0 Å². The summed E-state index contributed by atoms with van der Waals surface area (Å²) >= 11 is 0. The minimum Gasteiger partial charge on any atom is -0.480 e. The van der Waals surface area contributed by atoms with E-state index in [1.165, 1.54) is 0 Å². The van der Waals surface area contributed by atoms with Crippen molar-refractivity contribution in [1.82, 2.24) is 19.6 Å². The zero-order valence-electron chi connectivity index (χ0n) is 20.4. The predicted octanol–water partition coefficient (Wildman–Crippen LogP) is 0.436. The van der Waals surface area contributed by atoms with E-state index in [-0.39, 0.29) is 13.1 Å². The standard InChI is InChI=1S/C23H28N4O10/c1-3-5-10-24-18(32)14(20(34)26(22(24)36)12-16(28)29)8-7-9-15-19(33)25(11-6-4-2)23(37)27(21(15)35)13-17(30)31/h7-9,14H,3-6,10-13H2,1-2H3,(H,28,29)(H,30,31)/b8-7+,15-9+. The first-order valence-corrected chi connectivity index (χ1v) is 11.6. The van der Waals surface area contributed by atoms with Crippen LogP contribution in [-0.2, 0) is 28.8 Å². The van der Waals surface area contributed by atoms with E-state index >= 15 is 0 Å². The molecule has 2 saturated heterocycles. The molecule has 37 heavy (non-hydrogen) atoms. The van der Waals surface area contributed by atoms with Crippen LogP contribution in [0.1, 0.15) is 39.5 Å². The summed E-state index contributed by atoms with van der Waals surface area (Å²) in [7, 11) is 0. The lowest BCUT2D eigenvalue weighted by atomic mass is 10.0. The molecule has 0 aliphatic carbocycles. The van der Waals surface area contributed by atoms with Crippen molar-refractivity contribution < 1.29 is 48.6 Å². The van der Waals surface area contributed by atoms with E-state index in [2.05, 4.69) is 0 Å². The second-order valence-corrected chi connectivity index (χ2v) is 8.26. The van der Waals surface area contributed by atoms with Crippen LogP contribution in [0.15, 0.2) is 23.8 Å². The van der Waals surface area contributed by atoms with Crippen molar-refractivity contribution in [2.24, 2.45) is 5.92 Å². The van der Waals surface area contributed by atoms with Crippen molar-refractivity contribution in [2.75, 3.05) is 26.2 Å². The second-order valence-electron chi connectivity index (χ2n) is 8.26. The van der Waals surface area contributed by atoms with Crippen molar-refractivity contribution in [1.29, 1.82) is 0 Å². The monoisotopic (exact) mass is 520 g/mol. The van der Waals surface area contributed by atoms with Gasteiger partial charge in [0, 0.05) is 13.1 Å². The van der Waals surface area contributed by atoms with Crippen LogP contribution in [0.5, 0.6) is 0 Å². The summed E-state index contributed by atoms with van der Waals surface area (Å²) in [5.74, 6) is -8.67. The third kappa shape index (κ3) is 6.45. The molecule has 2 heterocycles. The number of rotatable bonds is 12. The van der Waals surface area contributed by atoms with E-state index in [0.717, 1.165) is 28.0 Å². The highest BCUT2D eigenvalue weighted by Crippen LogP contribution is 2.22. The Morgan fingerprint density at radius 3 is 1.73 bits per heavy atom. The van der Waals surface area contributed by atoms with Crippen LogP contribution in [-0.4, -0.2) is 104 Å². The highest BCUT2D eigenvalue weighted by Gasteiger charge is 2.45. The molecule has 0 saturated carbocycles. The van der Waals surface area contributed by atoms with Crippen LogP contribution < -0.4 is 0 Å². The molecule has 200 valence electrons. The van der Waals surface area contributed by atoms with Crippen molar-refractivity contribution in [2.45, 2.75) is 39.5 Å². The number of hydrogen-bond acceptors (Lipinski definition) is 8. The molecule has 2 aliphatic heterocycles. The summed E-state index contributed by atoms with van der Waals surface area (Å²) in [6.07, 6.45) is 5.02. The first kappa shape index (κ1) is 28.9. The topological polar surface area (TPSA) is 190 Å². The molecule has 0 aromatic carbocycles. The third-order valence-electron chi connectivity index (χ3n) is 5.56. The number of aliphatic carboxylic acids is 2. The van der Waals surface area contributed by atoms with Crippen LogP contribution in [0.25, 0.3) is 0 Å². The Bertz CT molecular complexity index is 1080. The van der Waals surface area contributed by atoms with Gasteiger partial charge in [-0.15, -0.1) is 0 Å². The molecule has 8 amide bonds. The highest BCUT2D eigenvalue weighted by molar-refractivity contribution is 6.29. The maximum Gasteiger partial charge on any atom is 0.334 e. The normalized spacial score (nSPS) is 20.2. The molecule has 2 rings (SSSR count). The summed E-state index contributed by atoms with van der Waals surface area (Å²) in [4.78, 5) is 101. The molecule has 0 bridgehead atoms. The lowest BCUT2D eigenvalue weighted by Crippen LogP contribution is -2.60. The van der Waals surface area contributed by atoms with Crippen molar-refractivity contribution >= 4 is 47.6 Å². The third-order valence-corrected chi connectivity index (χ3v) is 5.56. The largest absolute Gasteiger partial charge is 0.480 e. The van der Waals surface area contributed by atoms with Gasteiger partial charge in [-0.05, 0) is 18.9 Å². The fraction of sp³-hybridized carbons (Fsp3) is 0.478. The van der Waals surface area contributed by atoms with Crippen LogP contribution in [0.4, 0.5) is 9.59 Å². The zero-order valence-corrected chi connectivity index (χ0v) is 20.4. The summed E-state index contributed by atoms with van der Waals surface area (Å²) in [6.45, 7) is 1.57. The van der Waals surface area contributed by atoms with Gasteiger partial charge in [-0.25, -0.2) is 14.5 Å². The molecule has 1 atom stereocenters. The smallest absolute Gasteiger partial charge is 0.334 e. The Labute approximate surface area is 211 Å². The minimum absolute atomic E-state index is 0.0430. The van der Waals surface area contributed by atoms with Gasteiger partial charge < -0.3 is 10.2 Å². The maximum absolute atomic E-state index is 12.9. The lowest BCUT2D eigenvalue weighted by Gasteiger charge is -2.35. The fourth-order valence-electron chi connectivity index (χ4n) is 3.64. The highest BCUT2D eigenvalue weighted by atomic mass is 16.4. The Balaban J connectivity index is 2.42. The van der Waals surface area contributed by atoms with E-state index in [0.29, 0.717) is 35.5 Å². The van der Waals surface area contributed by atoms with Gasteiger partial charge in [0.15, 0.2) is 0 Å². The Hall–Kier alpha value is -4.36. The average molecular weight is 520 g/mol. The first-order valence-electron chi connectivity index (χ1n) is 11.6. The number of nitrogens with zero attached hydrogens (tertiary/aromatic N) is 4. The number of amides is 8. The minimum atomic E-state index is -1.60. The van der Waals surface area contributed by atoms with Crippen LogP contribution >= 0.6 is 0 Å². The molecular formula is C23H28N4O10. The second kappa shape index (κ2) is 12.6. The van der Waals surface area contributed by atoms with Crippen LogP contribution in [0.2, 0.25) is 0 Å². The molecule has 0 aromatic heterocycles. The summed E-state index contributed by atoms with van der Waals surface area (Å²) < 4.78 is 0. The van der Waals surface area contributed by atoms with Gasteiger partial charge in [0.1, 0.15) is 24.6 Å². The Morgan fingerprint density at radius 1 is 0.730 bits per heavy atom. The lowest BCUT2D eigenvalue weighted by molar-refractivity contribution is -0.151. The quantitative estimate of drug-likeness (QED) is 0.207. The molecular weight excluding hydrogens is 492 g/mol. The number of carboxylic acid groups (broad SMARTS) is 2. The Morgan fingerprint density at radius 2 is 1.19 bits per heavy atom. The van der Waals surface area contributed by atoms with Crippen LogP contribution in [0, 0.1) is 5.92 Å². The summed E-state index contributed by atoms with van der Waals surface area (Å²) in [5.41, 5.74) is -0.565. The predicted molar refractivity (Wildman–Crippen MR) is 123 cm³/mol. The number of unbranched alkanes of at least 4 members (excludes halogenated alkanes) is 2. The molecule has 0 radical (unpaired) electrons. The van der Waals surface area contributed by atoms with Gasteiger partial charge in [0.05, 0.1) is 0 Å². The first-order chi connectivity index (χ1) is 17.5. The van der Waals surface area contributed by atoms with E-state index < -0.39 is 72.2 Å². The van der Waals surface area contributed by atoms with Gasteiger partial charge >= 0.3 is 24.0 Å². The Kier molecular flexibility index (Phi) is 9.80.